The molecule has 0 radical (unpaired) electrons. The molecule has 0 aliphatic carbocycles. The lowest BCUT2D eigenvalue weighted by Gasteiger charge is -1.98. The van der Waals surface area contributed by atoms with E-state index in [1.165, 1.54) is 0 Å². The van der Waals surface area contributed by atoms with Crippen molar-refractivity contribution >= 4 is 5.97 Å². The molecule has 2 nitrogen and oxygen atoms in total. The van der Waals surface area contributed by atoms with Gasteiger partial charge in [0.05, 0.1) is 0 Å². The largest absolute Gasteiger partial charge is 0.452 e. The fourth-order valence-electron chi connectivity index (χ4n) is 0.691. The van der Waals surface area contributed by atoms with Gasteiger partial charge in [0.2, 0.25) is 0 Å². The fourth-order valence-corrected chi connectivity index (χ4v) is 0.691. The van der Waals surface area contributed by atoms with Gasteiger partial charge in [-0.2, -0.15) is 0 Å². The molecule has 0 atom stereocenters. The van der Waals surface area contributed by atoms with Crippen LogP contribution in [0, 0.1) is 24.7 Å². The van der Waals surface area contributed by atoms with Crippen LogP contribution in [-0.4, -0.2) is 12.6 Å². The van der Waals surface area contributed by atoms with Gasteiger partial charge in [-0.05, 0) is 12.8 Å². The van der Waals surface area contributed by atoms with Gasteiger partial charge in [-0.15, -0.1) is 18.8 Å². The summed E-state index contributed by atoms with van der Waals surface area (Å²) in [6.45, 7) is 0.0635. The number of carbonyl (C=O) groups is 1. The van der Waals surface area contributed by atoms with E-state index >= 15 is 0 Å². The first-order valence-corrected chi connectivity index (χ1v) is 3.83. The third-order valence-corrected chi connectivity index (χ3v) is 1.27. The van der Waals surface area contributed by atoms with E-state index in [1.54, 1.807) is 0 Å². The highest BCUT2D eigenvalue weighted by Crippen LogP contribution is 1.99. The van der Waals surface area contributed by atoms with Crippen molar-refractivity contribution in [2.24, 2.45) is 0 Å². The normalized spacial score (nSPS) is 8.17. The van der Waals surface area contributed by atoms with E-state index in [-0.39, 0.29) is 12.6 Å². The Balaban J connectivity index is 3.22. The number of hydrogen-bond donors (Lipinski definition) is 0. The van der Waals surface area contributed by atoms with Crippen LogP contribution in [0.5, 0.6) is 0 Å². The minimum absolute atomic E-state index is 0.0635. The average molecular weight is 164 g/mol. The molecule has 0 aromatic heterocycles. The molecule has 0 saturated carbocycles. The van der Waals surface area contributed by atoms with E-state index in [9.17, 15) is 4.79 Å². The molecule has 64 valence electrons. The Bertz CT molecular complexity index is 205. The predicted molar refractivity (Wildman–Crippen MR) is 47.1 cm³/mol. The summed E-state index contributed by atoms with van der Waals surface area (Å²) in [6.07, 6.45) is 12.7. The first-order chi connectivity index (χ1) is 5.81. The van der Waals surface area contributed by atoms with Gasteiger partial charge in [-0.3, -0.25) is 4.79 Å². The Hall–Kier alpha value is -1.41. The Morgan fingerprint density at radius 3 is 2.58 bits per heavy atom. The highest BCUT2D eigenvalue weighted by atomic mass is 16.5. The quantitative estimate of drug-likeness (QED) is 0.348. The summed E-state index contributed by atoms with van der Waals surface area (Å²) >= 11 is 0. The summed E-state index contributed by atoms with van der Waals surface area (Å²) in [4.78, 5) is 10.8. The maximum atomic E-state index is 10.8. The minimum atomic E-state index is -0.245. The number of terminal acetylenes is 2. The summed E-state index contributed by atoms with van der Waals surface area (Å²) in [5.74, 6) is 4.48. The van der Waals surface area contributed by atoms with Crippen molar-refractivity contribution in [1.29, 1.82) is 0 Å². The molecule has 0 rings (SSSR count). The molecule has 0 spiro atoms. The number of esters is 1. The van der Waals surface area contributed by atoms with Crippen molar-refractivity contribution in [2.45, 2.75) is 25.7 Å². The van der Waals surface area contributed by atoms with E-state index in [0.717, 1.165) is 12.8 Å². The van der Waals surface area contributed by atoms with Crippen molar-refractivity contribution in [1.82, 2.24) is 0 Å². The van der Waals surface area contributed by atoms with Crippen molar-refractivity contribution < 1.29 is 9.53 Å². The lowest BCUT2D eigenvalue weighted by atomic mass is 10.2. The van der Waals surface area contributed by atoms with E-state index < -0.39 is 0 Å². The first kappa shape index (κ1) is 10.6. The lowest BCUT2D eigenvalue weighted by Crippen LogP contribution is -2.03. The standard InChI is InChI=1S/C10H12O2/c1-3-5-6-7-8-10(11)12-9-4-2/h1-2H,5-9H2. The Kier molecular flexibility index (Phi) is 6.79. The van der Waals surface area contributed by atoms with Gasteiger partial charge in [0, 0.05) is 12.8 Å². The van der Waals surface area contributed by atoms with Crippen LogP contribution in [0.25, 0.3) is 0 Å². The van der Waals surface area contributed by atoms with Gasteiger partial charge in [0.1, 0.15) is 0 Å². The first-order valence-electron chi connectivity index (χ1n) is 3.83. The highest BCUT2D eigenvalue weighted by molar-refractivity contribution is 5.69. The SMILES string of the molecule is C#CCCCCC(=O)OCC#C. The third-order valence-electron chi connectivity index (χ3n) is 1.27. The molecule has 0 bridgehead atoms. The van der Waals surface area contributed by atoms with Gasteiger partial charge < -0.3 is 4.74 Å². The molecule has 0 aromatic rings. The molecular weight excluding hydrogens is 152 g/mol. The van der Waals surface area contributed by atoms with E-state index in [2.05, 4.69) is 16.6 Å². The summed E-state index contributed by atoms with van der Waals surface area (Å²) in [7, 11) is 0. The molecular formula is C10H12O2. The van der Waals surface area contributed by atoms with E-state index in [4.69, 9.17) is 12.8 Å². The topological polar surface area (TPSA) is 26.3 Å². The molecule has 0 amide bonds. The predicted octanol–water partition coefficient (Wildman–Crippen LogP) is 1.36. The van der Waals surface area contributed by atoms with Crippen molar-refractivity contribution in [3.8, 4) is 24.7 Å². The molecule has 0 aliphatic heterocycles. The molecule has 0 N–H and O–H groups in total. The molecule has 0 aliphatic rings. The van der Waals surface area contributed by atoms with E-state index in [0.29, 0.717) is 12.8 Å². The van der Waals surface area contributed by atoms with Crippen LogP contribution in [0.1, 0.15) is 25.7 Å². The van der Waals surface area contributed by atoms with Gasteiger partial charge in [-0.25, -0.2) is 0 Å². The number of unbranched alkanes of at least 4 members (excludes halogenated alkanes) is 2. The van der Waals surface area contributed by atoms with Crippen molar-refractivity contribution in [3.05, 3.63) is 0 Å². The highest BCUT2D eigenvalue weighted by Gasteiger charge is 1.99. The Morgan fingerprint density at radius 2 is 2.00 bits per heavy atom. The Labute approximate surface area is 73.3 Å². The minimum Gasteiger partial charge on any atom is -0.452 e. The van der Waals surface area contributed by atoms with Crippen LogP contribution >= 0.6 is 0 Å². The second kappa shape index (κ2) is 7.69. The number of ether oxygens (including phenoxy) is 1. The van der Waals surface area contributed by atoms with Crippen LogP contribution in [-0.2, 0) is 9.53 Å². The second-order valence-corrected chi connectivity index (χ2v) is 2.28. The summed E-state index contributed by atoms with van der Waals surface area (Å²) in [5.41, 5.74) is 0. The number of hydrogen-bond acceptors (Lipinski definition) is 2. The molecule has 0 heterocycles. The van der Waals surface area contributed by atoms with Crippen LogP contribution in [0.2, 0.25) is 0 Å². The monoisotopic (exact) mass is 164 g/mol. The average Bonchev–Trinajstić information content (AvgIpc) is 2.09. The smallest absolute Gasteiger partial charge is 0.306 e. The van der Waals surface area contributed by atoms with Gasteiger partial charge in [0.15, 0.2) is 6.61 Å². The zero-order chi connectivity index (χ0) is 9.23. The van der Waals surface area contributed by atoms with Crippen LogP contribution in [0.15, 0.2) is 0 Å². The molecule has 0 fully saturated rings. The van der Waals surface area contributed by atoms with Crippen LogP contribution < -0.4 is 0 Å². The zero-order valence-corrected chi connectivity index (χ0v) is 7.01. The summed E-state index contributed by atoms with van der Waals surface area (Å²) in [5, 5.41) is 0. The van der Waals surface area contributed by atoms with Crippen LogP contribution in [0.4, 0.5) is 0 Å². The second-order valence-electron chi connectivity index (χ2n) is 2.28. The molecule has 2 heteroatoms. The van der Waals surface area contributed by atoms with Gasteiger partial charge in [-0.1, -0.05) is 5.92 Å². The van der Waals surface area contributed by atoms with Crippen LogP contribution in [0.3, 0.4) is 0 Å². The molecule has 0 unspecified atom stereocenters. The van der Waals surface area contributed by atoms with Gasteiger partial charge >= 0.3 is 5.97 Å². The summed E-state index contributed by atoms with van der Waals surface area (Å²) in [6, 6.07) is 0. The maximum Gasteiger partial charge on any atom is 0.306 e. The number of rotatable bonds is 5. The molecule has 0 aromatic carbocycles. The molecule has 0 saturated heterocycles. The van der Waals surface area contributed by atoms with Gasteiger partial charge in [0.25, 0.3) is 0 Å². The lowest BCUT2D eigenvalue weighted by molar-refractivity contribution is -0.142. The number of carbonyl (C=O) groups excluding carboxylic acids is 1. The van der Waals surface area contributed by atoms with Crippen molar-refractivity contribution in [3.63, 3.8) is 0 Å². The third kappa shape index (κ3) is 6.71. The summed E-state index contributed by atoms with van der Waals surface area (Å²) < 4.78 is 4.64. The molecule has 12 heavy (non-hydrogen) atoms. The zero-order valence-electron chi connectivity index (χ0n) is 7.01. The van der Waals surface area contributed by atoms with Crippen molar-refractivity contribution in [2.75, 3.05) is 6.61 Å². The van der Waals surface area contributed by atoms with E-state index in [1.807, 2.05) is 0 Å². The fraction of sp³-hybridized carbons (Fsp3) is 0.500. The Morgan fingerprint density at radius 1 is 1.25 bits per heavy atom. The maximum absolute atomic E-state index is 10.8.